The zero-order valence-electron chi connectivity index (χ0n) is 7.54. The average molecular weight is 191 g/mol. The smallest absolute Gasteiger partial charge is 0.0691 e. The molecular weight excluding hydrogens is 174 g/mol. The minimum absolute atomic E-state index is 0.266. The van der Waals surface area contributed by atoms with E-state index in [4.69, 9.17) is 4.74 Å². The first-order chi connectivity index (χ1) is 5.83. The third kappa shape index (κ3) is 3.65. The van der Waals surface area contributed by atoms with Crippen molar-refractivity contribution in [3.8, 4) is 0 Å². The minimum atomic E-state index is -0.697. The summed E-state index contributed by atoms with van der Waals surface area (Å²) in [6.07, 6.45) is 2.49. The van der Waals surface area contributed by atoms with Gasteiger partial charge in [0.1, 0.15) is 0 Å². The maximum Gasteiger partial charge on any atom is 0.0691 e. The van der Waals surface area contributed by atoms with Gasteiger partial charge < -0.3 is 10.1 Å². The van der Waals surface area contributed by atoms with Gasteiger partial charge in [-0.1, -0.05) is 0 Å². The standard InChI is InChI=1S/C8H17NO2S/c1-9-4-6-12(10)7-8-3-2-5-11-8/h8-9H,2-7H2,1H3. The molecule has 0 bridgehead atoms. The largest absolute Gasteiger partial charge is 0.377 e. The number of ether oxygens (including phenoxy) is 1. The van der Waals surface area contributed by atoms with E-state index in [9.17, 15) is 4.21 Å². The summed E-state index contributed by atoms with van der Waals surface area (Å²) >= 11 is 0. The molecule has 1 aliphatic rings. The summed E-state index contributed by atoms with van der Waals surface area (Å²) in [5.41, 5.74) is 0. The van der Waals surface area contributed by atoms with Crippen LogP contribution in [0.15, 0.2) is 0 Å². The Bertz CT molecular complexity index is 146. The molecule has 12 heavy (non-hydrogen) atoms. The van der Waals surface area contributed by atoms with Gasteiger partial charge in [-0.15, -0.1) is 0 Å². The summed E-state index contributed by atoms with van der Waals surface area (Å²) in [5.74, 6) is 1.47. The molecular formula is C8H17NO2S. The molecule has 1 rings (SSSR count). The van der Waals surface area contributed by atoms with Crippen LogP contribution >= 0.6 is 0 Å². The van der Waals surface area contributed by atoms with E-state index in [2.05, 4.69) is 5.32 Å². The molecule has 0 radical (unpaired) electrons. The predicted octanol–water partition coefficient (Wildman–Crippen LogP) is 0.133. The Morgan fingerprint density at radius 2 is 2.50 bits per heavy atom. The van der Waals surface area contributed by atoms with Crippen molar-refractivity contribution in [3.63, 3.8) is 0 Å². The van der Waals surface area contributed by atoms with Crippen molar-refractivity contribution in [2.24, 2.45) is 0 Å². The monoisotopic (exact) mass is 191 g/mol. The summed E-state index contributed by atoms with van der Waals surface area (Å²) in [6.45, 7) is 1.69. The second kappa shape index (κ2) is 5.67. The van der Waals surface area contributed by atoms with Crippen LogP contribution < -0.4 is 5.32 Å². The van der Waals surface area contributed by atoms with E-state index >= 15 is 0 Å². The summed E-state index contributed by atoms with van der Waals surface area (Å²) < 4.78 is 16.7. The first-order valence-corrected chi connectivity index (χ1v) is 5.93. The molecule has 1 heterocycles. The topological polar surface area (TPSA) is 38.3 Å². The quantitative estimate of drug-likeness (QED) is 0.671. The van der Waals surface area contributed by atoms with Gasteiger partial charge in [0, 0.05) is 35.5 Å². The zero-order valence-corrected chi connectivity index (χ0v) is 8.36. The Labute approximate surface area is 76.3 Å². The van der Waals surface area contributed by atoms with Crippen molar-refractivity contribution < 1.29 is 8.95 Å². The summed E-state index contributed by atoms with van der Waals surface area (Å²) in [7, 11) is 1.18. The fraction of sp³-hybridized carbons (Fsp3) is 1.00. The fourth-order valence-electron chi connectivity index (χ4n) is 1.28. The molecule has 0 amide bonds. The van der Waals surface area contributed by atoms with Crippen molar-refractivity contribution >= 4 is 10.8 Å². The SMILES string of the molecule is CNCCS(=O)CC1CCCO1. The van der Waals surface area contributed by atoms with E-state index in [1.807, 2.05) is 7.05 Å². The van der Waals surface area contributed by atoms with Gasteiger partial charge in [-0.2, -0.15) is 0 Å². The molecule has 2 unspecified atom stereocenters. The summed E-state index contributed by atoms with van der Waals surface area (Å²) in [4.78, 5) is 0. The van der Waals surface area contributed by atoms with Crippen LogP contribution in [0.2, 0.25) is 0 Å². The maximum atomic E-state index is 11.3. The van der Waals surface area contributed by atoms with Crippen LogP contribution in [0.3, 0.4) is 0 Å². The first kappa shape index (κ1) is 10.2. The lowest BCUT2D eigenvalue weighted by Gasteiger charge is -2.08. The third-order valence-electron chi connectivity index (χ3n) is 1.98. The van der Waals surface area contributed by atoms with Gasteiger partial charge in [-0.25, -0.2) is 0 Å². The van der Waals surface area contributed by atoms with Crippen LogP contribution in [0.25, 0.3) is 0 Å². The van der Waals surface area contributed by atoms with Gasteiger partial charge >= 0.3 is 0 Å². The van der Waals surface area contributed by atoms with Crippen LogP contribution in [0.4, 0.5) is 0 Å². The second-order valence-electron chi connectivity index (χ2n) is 3.05. The molecule has 1 saturated heterocycles. The Hall–Kier alpha value is 0.0700. The summed E-state index contributed by atoms with van der Waals surface area (Å²) in [5, 5.41) is 2.99. The molecule has 1 N–H and O–H groups in total. The molecule has 0 aromatic carbocycles. The third-order valence-corrected chi connectivity index (χ3v) is 3.38. The van der Waals surface area contributed by atoms with E-state index in [-0.39, 0.29) is 6.10 Å². The molecule has 0 aliphatic carbocycles. The average Bonchev–Trinajstić information content (AvgIpc) is 2.53. The molecule has 72 valence electrons. The van der Waals surface area contributed by atoms with E-state index in [0.717, 1.165) is 37.5 Å². The van der Waals surface area contributed by atoms with Crippen molar-refractivity contribution in [1.82, 2.24) is 5.32 Å². The Morgan fingerprint density at radius 1 is 1.67 bits per heavy atom. The highest BCUT2D eigenvalue weighted by Crippen LogP contribution is 2.12. The molecule has 4 heteroatoms. The summed E-state index contributed by atoms with van der Waals surface area (Å²) in [6, 6.07) is 0. The lowest BCUT2D eigenvalue weighted by Crippen LogP contribution is -2.22. The fourth-order valence-corrected chi connectivity index (χ4v) is 2.56. The van der Waals surface area contributed by atoms with Gasteiger partial charge in [0.2, 0.25) is 0 Å². The molecule has 0 saturated carbocycles. The first-order valence-electron chi connectivity index (χ1n) is 4.44. The van der Waals surface area contributed by atoms with Gasteiger partial charge in [-0.3, -0.25) is 4.21 Å². The Balaban J connectivity index is 2.08. The van der Waals surface area contributed by atoms with Crippen LogP contribution in [0.1, 0.15) is 12.8 Å². The van der Waals surface area contributed by atoms with Gasteiger partial charge in [0.05, 0.1) is 6.10 Å². The highest BCUT2D eigenvalue weighted by atomic mass is 32.2. The number of rotatable bonds is 5. The Morgan fingerprint density at radius 3 is 3.08 bits per heavy atom. The molecule has 0 spiro atoms. The van der Waals surface area contributed by atoms with Crippen LogP contribution in [0, 0.1) is 0 Å². The number of nitrogens with one attached hydrogen (secondary N) is 1. The van der Waals surface area contributed by atoms with E-state index in [0.29, 0.717) is 0 Å². The molecule has 2 atom stereocenters. The highest BCUT2D eigenvalue weighted by Gasteiger charge is 2.17. The zero-order chi connectivity index (χ0) is 8.81. The van der Waals surface area contributed by atoms with Crippen molar-refractivity contribution in [2.45, 2.75) is 18.9 Å². The highest BCUT2D eigenvalue weighted by molar-refractivity contribution is 7.85. The molecule has 0 aromatic heterocycles. The van der Waals surface area contributed by atoms with E-state index in [1.54, 1.807) is 0 Å². The van der Waals surface area contributed by atoms with Crippen molar-refractivity contribution in [3.05, 3.63) is 0 Å². The molecule has 0 aromatic rings. The molecule has 1 fully saturated rings. The van der Waals surface area contributed by atoms with E-state index < -0.39 is 10.8 Å². The van der Waals surface area contributed by atoms with Crippen LogP contribution in [-0.4, -0.2) is 42.0 Å². The lowest BCUT2D eigenvalue weighted by atomic mass is 10.3. The lowest BCUT2D eigenvalue weighted by molar-refractivity contribution is 0.128. The maximum absolute atomic E-state index is 11.3. The second-order valence-corrected chi connectivity index (χ2v) is 4.67. The Kier molecular flexibility index (Phi) is 4.80. The number of hydrogen-bond donors (Lipinski definition) is 1. The van der Waals surface area contributed by atoms with E-state index in [1.165, 1.54) is 0 Å². The molecule has 1 aliphatic heterocycles. The minimum Gasteiger partial charge on any atom is -0.377 e. The number of hydrogen-bond acceptors (Lipinski definition) is 3. The molecule has 3 nitrogen and oxygen atoms in total. The van der Waals surface area contributed by atoms with Crippen molar-refractivity contribution in [1.29, 1.82) is 0 Å². The van der Waals surface area contributed by atoms with Crippen LogP contribution in [-0.2, 0) is 15.5 Å². The normalized spacial score (nSPS) is 25.9. The van der Waals surface area contributed by atoms with Gasteiger partial charge in [-0.05, 0) is 19.9 Å². The van der Waals surface area contributed by atoms with Crippen molar-refractivity contribution in [2.75, 3.05) is 31.7 Å². The van der Waals surface area contributed by atoms with Crippen LogP contribution in [0.5, 0.6) is 0 Å². The van der Waals surface area contributed by atoms with Gasteiger partial charge in [0.15, 0.2) is 0 Å². The van der Waals surface area contributed by atoms with Gasteiger partial charge in [0.25, 0.3) is 0 Å². The predicted molar refractivity (Wildman–Crippen MR) is 50.8 cm³/mol.